The number of hydrogen-bond donors (Lipinski definition) is 2. The molecule has 0 bridgehead atoms. The van der Waals surface area contributed by atoms with E-state index in [1.165, 1.54) is 6.07 Å². The van der Waals surface area contributed by atoms with Crippen molar-refractivity contribution in [1.29, 1.82) is 0 Å². The SMILES string of the molecule is C[Si]1(C)O[Si](C)(C)O[Si](C)(CCCc2ccc(O)c(O)c2)O[Si](C)(C)O1. The minimum absolute atomic E-state index is 0.0829. The fourth-order valence-electron chi connectivity index (χ4n) is 3.75. The molecule has 0 atom stereocenters. The maximum absolute atomic E-state index is 9.64. The molecule has 0 radical (unpaired) electrons. The number of benzene rings is 1. The normalized spacial score (nSPS) is 23.8. The standard InChI is InChI=1S/C16H32O6Si4/c1-23(2)19-24(3,4)21-26(7,22-25(5,6)20-23)12-8-9-14-10-11-15(17)16(18)13-14/h10-11,13,17-18H,8-9,12H2,1-7H3. The molecule has 1 aliphatic heterocycles. The van der Waals surface area contributed by atoms with Crippen LogP contribution in [0.3, 0.4) is 0 Å². The monoisotopic (exact) mass is 432 g/mol. The molecule has 1 aromatic carbocycles. The lowest BCUT2D eigenvalue weighted by Crippen LogP contribution is -2.65. The molecule has 0 aliphatic carbocycles. The van der Waals surface area contributed by atoms with E-state index >= 15 is 0 Å². The summed E-state index contributed by atoms with van der Waals surface area (Å²) in [6.07, 6.45) is 1.66. The van der Waals surface area contributed by atoms with Gasteiger partial charge in [-0.1, -0.05) is 6.07 Å². The third-order valence-corrected chi connectivity index (χ3v) is 20.6. The minimum Gasteiger partial charge on any atom is -0.504 e. The van der Waals surface area contributed by atoms with E-state index in [1.54, 1.807) is 6.07 Å². The quantitative estimate of drug-likeness (QED) is 0.546. The number of aromatic hydroxyl groups is 2. The predicted octanol–water partition coefficient (Wildman–Crippen LogP) is 4.29. The largest absolute Gasteiger partial charge is 0.504 e. The summed E-state index contributed by atoms with van der Waals surface area (Å²) >= 11 is 0. The molecule has 1 fully saturated rings. The van der Waals surface area contributed by atoms with E-state index in [2.05, 4.69) is 45.8 Å². The summed E-state index contributed by atoms with van der Waals surface area (Å²) in [6, 6.07) is 5.79. The van der Waals surface area contributed by atoms with E-state index in [4.69, 9.17) is 16.5 Å². The number of phenols is 2. The molecule has 6 nitrogen and oxygen atoms in total. The first-order chi connectivity index (χ1) is 11.7. The molecule has 1 saturated heterocycles. The summed E-state index contributed by atoms with van der Waals surface area (Å²) < 4.78 is 25.8. The highest BCUT2D eigenvalue weighted by molar-refractivity contribution is 6.93. The van der Waals surface area contributed by atoms with Crippen molar-refractivity contribution >= 4 is 34.2 Å². The summed E-state index contributed by atoms with van der Waals surface area (Å²) in [4.78, 5) is 0. The van der Waals surface area contributed by atoms with E-state index in [1.807, 2.05) is 6.07 Å². The molecule has 1 heterocycles. The van der Waals surface area contributed by atoms with Gasteiger partial charge >= 0.3 is 34.2 Å². The van der Waals surface area contributed by atoms with Gasteiger partial charge < -0.3 is 26.7 Å². The Morgan fingerprint density at radius 3 is 1.73 bits per heavy atom. The van der Waals surface area contributed by atoms with Crippen LogP contribution in [0.5, 0.6) is 11.5 Å². The van der Waals surface area contributed by atoms with E-state index in [0.29, 0.717) is 0 Å². The molecule has 2 N–H and O–H groups in total. The van der Waals surface area contributed by atoms with Crippen LogP contribution in [0.25, 0.3) is 0 Å². The zero-order valence-corrected chi connectivity index (χ0v) is 20.9. The number of rotatable bonds is 4. The molecule has 26 heavy (non-hydrogen) atoms. The maximum atomic E-state index is 9.64. The summed E-state index contributed by atoms with van der Waals surface area (Å²) in [5.41, 5.74) is 0.984. The smallest absolute Gasteiger partial charge is 0.317 e. The fraction of sp³-hybridized carbons (Fsp3) is 0.625. The first kappa shape index (κ1) is 21.8. The van der Waals surface area contributed by atoms with Crippen LogP contribution in [-0.4, -0.2) is 44.5 Å². The van der Waals surface area contributed by atoms with E-state index in [9.17, 15) is 10.2 Å². The Hall–Kier alpha value is -0.472. The average molecular weight is 433 g/mol. The first-order valence-corrected chi connectivity index (χ1v) is 20.0. The van der Waals surface area contributed by atoms with Gasteiger partial charge in [-0.25, -0.2) is 0 Å². The Morgan fingerprint density at radius 2 is 1.23 bits per heavy atom. The van der Waals surface area contributed by atoms with Gasteiger partial charge in [-0.3, -0.25) is 0 Å². The van der Waals surface area contributed by atoms with Crippen LogP contribution in [0.15, 0.2) is 18.2 Å². The summed E-state index contributed by atoms with van der Waals surface area (Å²) in [5, 5.41) is 19.1. The van der Waals surface area contributed by atoms with Gasteiger partial charge in [0.15, 0.2) is 11.5 Å². The summed E-state index contributed by atoms with van der Waals surface area (Å²) in [7, 11) is -9.36. The fourth-order valence-corrected chi connectivity index (χ4v) is 25.3. The van der Waals surface area contributed by atoms with Crippen LogP contribution >= 0.6 is 0 Å². The molecule has 0 spiro atoms. The Balaban J connectivity index is 2.08. The Kier molecular flexibility index (Phi) is 6.30. The van der Waals surface area contributed by atoms with Gasteiger partial charge in [0.2, 0.25) is 0 Å². The van der Waals surface area contributed by atoms with Crippen LogP contribution in [0.2, 0.25) is 51.9 Å². The lowest BCUT2D eigenvalue weighted by Gasteiger charge is -2.47. The van der Waals surface area contributed by atoms with Gasteiger partial charge in [-0.05, 0) is 82.4 Å². The van der Waals surface area contributed by atoms with Crippen molar-refractivity contribution < 1.29 is 26.7 Å². The van der Waals surface area contributed by atoms with Gasteiger partial charge in [-0.2, -0.15) is 0 Å². The second kappa shape index (κ2) is 7.51. The number of aryl methyl sites for hydroxylation is 1. The first-order valence-electron chi connectivity index (χ1n) is 9.03. The van der Waals surface area contributed by atoms with Crippen LogP contribution in [-0.2, 0) is 22.9 Å². The van der Waals surface area contributed by atoms with E-state index in [-0.39, 0.29) is 11.5 Å². The Morgan fingerprint density at radius 1 is 0.731 bits per heavy atom. The molecular weight excluding hydrogens is 401 g/mol. The van der Waals surface area contributed by atoms with Crippen LogP contribution in [0.1, 0.15) is 12.0 Å². The van der Waals surface area contributed by atoms with Crippen LogP contribution in [0.4, 0.5) is 0 Å². The molecule has 0 aromatic heterocycles. The maximum Gasteiger partial charge on any atom is 0.317 e. The Labute approximate surface area is 161 Å². The third kappa shape index (κ3) is 6.30. The Bertz CT molecular complexity index is 628. The van der Waals surface area contributed by atoms with E-state index in [0.717, 1.165) is 24.4 Å². The molecule has 1 aliphatic rings. The minimum atomic E-state index is -2.45. The van der Waals surface area contributed by atoms with E-state index < -0.39 is 34.2 Å². The summed E-state index contributed by atoms with van der Waals surface area (Å²) in [5.74, 6) is -0.177. The molecular formula is C16H32O6Si4. The molecule has 0 amide bonds. The van der Waals surface area contributed by atoms with Crippen LogP contribution < -0.4 is 0 Å². The summed E-state index contributed by atoms with van der Waals surface area (Å²) in [6.45, 7) is 14.5. The van der Waals surface area contributed by atoms with Crippen LogP contribution in [0, 0.1) is 0 Å². The lowest BCUT2D eigenvalue weighted by molar-refractivity contribution is 0.234. The molecule has 0 unspecified atom stereocenters. The second-order valence-electron chi connectivity index (χ2n) is 8.42. The molecule has 10 heteroatoms. The third-order valence-electron chi connectivity index (χ3n) is 4.04. The topological polar surface area (TPSA) is 77.4 Å². The number of hydrogen-bond acceptors (Lipinski definition) is 6. The number of phenolic OH excluding ortho intramolecular Hbond substituents is 2. The zero-order valence-electron chi connectivity index (χ0n) is 16.9. The zero-order chi connectivity index (χ0) is 19.8. The molecule has 1 aromatic rings. The van der Waals surface area contributed by atoms with Gasteiger partial charge in [0.25, 0.3) is 0 Å². The molecule has 2 rings (SSSR count). The van der Waals surface area contributed by atoms with Crippen molar-refractivity contribution in [2.24, 2.45) is 0 Å². The van der Waals surface area contributed by atoms with Crippen molar-refractivity contribution in [3.63, 3.8) is 0 Å². The van der Waals surface area contributed by atoms with Crippen molar-refractivity contribution in [3.05, 3.63) is 23.8 Å². The van der Waals surface area contributed by atoms with Gasteiger partial charge in [0.1, 0.15) is 0 Å². The highest BCUT2D eigenvalue weighted by Gasteiger charge is 2.52. The van der Waals surface area contributed by atoms with Gasteiger partial charge in [0.05, 0.1) is 0 Å². The lowest BCUT2D eigenvalue weighted by atomic mass is 10.1. The van der Waals surface area contributed by atoms with Crippen molar-refractivity contribution in [2.75, 3.05) is 0 Å². The average Bonchev–Trinajstić information content (AvgIpc) is 2.36. The second-order valence-corrected chi connectivity index (χ2v) is 22.9. The van der Waals surface area contributed by atoms with Gasteiger partial charge in [-0.15, -0.1) is 0 Å². The molecule has 0 saturated carbocycles. The predicted molar refractivity (Wildman–Crippen MR) is 111 cm³/mol. The highest BCUT2D eigenvalue weighted by Crippen LogP contribution is 2.33. The van der Waals surface area contributed by atoms with Crippen molar-refractivity contribution in [3.8, 4) is 11.5 Å². The highest BCUT2D eigenvalue weighted by atomic mass is 28.5. The van der Waals surface area contributed by atoms with Crippen molar-refractivity contribution in [2.45, 2.75) is 64.7 Å². The van der Waals surface area contributed by atoms with Gasteiger partial charge in [0, 0.05) is 0 Å². The van der Waals surface area contributed by atoms with Crippen molar-refractivity contribution in [1.82, 2.24) is 0 Å². The molecule has 148 valence electrons.